The fourth-order valence-corrected chi connectivity index (χ4v) is 8.95. The van der Waals surface area contributed by atoms with Gasteiger partial charge in [-0.05, 0) is 85.3 Å². The van der Waals surface area contributed by atoms with Gasteiger partial charge in [-0.3, -0.25) is 0 Å². The van der Waals surface area contributed by atoms with Crippen LogP contribution in [0.4, 0.5) is 0 Å². The molecule has 8 aromatic rings. The van der Waals surface area contributed by atoms with Crippen molar-refractivity contribution in [3.8, 4) is 44.5 Å². The third-order valence-corrected chi connectivity index (χ3v) is 11.8. The average molecular weight is 744 g/mol. The third kappa shape index (κ3) is 6.00. The van der Waals surface area contributed by atoms with Crippen LogP contribution in [0, 0.1) is 0 Å². The van der Waals surface area contributed by atoms with Crippen molar-refractivity contribution in [2.75, 3.05) is 0 Å². The first-order valence-corrected chi connectivity index (χ1v) is 19.9. The van der Waals surface area contributed by atoms with E-state index in [4.69, 9.17) is 9.98 Å². The zero-order valence-electron chi connectivity index (χ0n) is 32.3. The average Bonchev–Trinajstić information content (AvgIpc) is 3.58. The highest BCUT2D eigenvalue weighted by atomic mass is 15.2. The number of nitrogens with zero attached hydrogens (tertiary/aromatic N) is 2. The summed E-state index contributed by atoms with van der Waals surface area (Å²) in [7, 11) is 0. The molecule has 0 spiro atoms. The summed E-state index contributed by atoms with van der Waals surface area (Å²) in [6, 6.07) is 71.4. The molecule has 0 fully saturated rings. The summed E-state index contributed by atoms with van der Waals surface area (Å²) in [6.45, 7) is 6.54. The molecule has 0 radical (unpaired) electrons. The second-order valence-electron chi connectivity index (χ2n) is 15.1. The second-order valence-corrected chi connectivity index (χ2v) is 15.1. The summed E-state index contributed by atoms with van der Waals surface area (Å²) < 4.78 is 0. The Morgan fingerprint density at radius 1 is 0.448 bits per heavy atom. The Morgan fingerprint density at radius 3 is 1.71 bits per heavy atom. The normalized spacial score (nSPS) is 16.7. The zero-order chi connectivity index (χ0) is 39.1. The van der Waals surface area contributed by atoms with Crippen molar-refractivity contribution in [3.63, 3.8) is 0 Å². The number of benzene rings is 8. The number of fused-ring (bicyclic) bond motifs is 3. The molecule has 58 heavy (non-hydrogen) atoms. The van der Waals surface area contributed by atoms with E-state index >= 15 is 0 Å². The van der Waals surface area contributed by atoms with Crippen molar-refractivity contribution in [2.24, 2.45) is 9.98 Å². The molecule has 1 aliphatic carbocycles. The van der Waals surface area contributed by atoms with Crippen LogP contribution in [0.3, 0.4) is 0 Å². The van der Waals surface area contributed by atoms with E-state index in [1.165, 1.54) is 50.1 Å². The summed E-state index contributed by atoms with van der Waals surface area (Å²) in [4.78, 5) is 10.3. The Balaban J connectivity index is 1.04. The molecule has 3 nitrogen and oxygen atoms in total. The minimum atomic E-state index is -0.381. The lowest BCUT2D eigenvalue weighted by molar-refractivity contribution is 0.716. The fourth-order valence-electron chi connectivity index (χ4n) is 8.95. The summed E-state index contributed by atoms with van der Waals surface area (Å²) in [5.74, 6) is 1.59. The van der Waals surface area contributed by atoms with Crippen molar-refractivity contribution >= 4 is 17.7 Å². The lowest BCUT2D eigenvalue weighted by Gasteiger charge is -2.31. The predicted molar refractivity (Wildman–Crippen MR) is 242 cm³/mol. The van der Waals surface area contributed by atoms with Crippen molar-refractivity contribution in [1.29, 1.82) is 0 Å². The molecular formula is C55H41N3. The first-order valence-electron chi connectivity index (χ1n) is 19.9. The smallest absolute Gasteiger partial charge is 0.169 e. The summed E-state index contributed by atoms with van der Waals surface area (Å²) in [5, 5.41) is 3.63. The Kier molecular flexibility index (Phi) is 8.84. The van der Waals surface area contributed by atoms with Gasteiger partial charge in [0.15, 0.2) is 6.17 Å². The van der Waals surface area contributed by atoms with Gasteiger partial charge in [-0.1, -0.05) is 207 Å². The van der Waals surface area contributed by atoms with E-state index in [0.29, 0.717) is 0 Å². The highest BCUT2D eigenvalue weighted by Crippen LogP contribution is 2.56. The van der Waals surface area contributed by atoms with Gasteiger partial charge in [0.2, 0.25) is 0 Å². The van der Waals surface area contributed by atoms with Gasteiger partial charge in [-0.15, -0.1) is 0 Å². The molecule has 0 saturated carbocycles. The maximum atomic E-state index is 5.18. The number of hydrogen-bond acceptors (Lipinski definition) is 3. The lowest BCUT2D eigenvalue weighted by Crippen LogP contribution is -2.36. The van der Waals surface area contributed by atoms with Crippen LogP contribution in [0.25, 0.3) is 50.6 Å². The van der Waals surface area contributed by atoms with Crippen LogP contribution in [0.5, 0.6) is 0 Å². The minimum Gasteiger partial charge on any atom is -0.324 e. The van der Waals surface area contributed by atoms with Crippen molar-refractivity contribution < 1.29 is 0 Å². The molecule has 1 heterocycles. The quantitative estimate of drug-likeness (QED) is 0.165. The number of nitrogens with one attached hydrogen (secondary N) is 1. The summed E-state index contributed by atoms with van der Waals surface area (Å²) in [6.07, 6.45) is 1.58. The Hall–Kier alpha value is -7.36. The Bertz CT molecular complexity index is 2890. The minimum absolute atomic E-state index is 0.375. The molecule has 1 aliphatic heterocycles. The number of rotatable bonds is 8. The lowest BCUT2D eigenvalue weighted by atomic mass is 9.71. The van der Waals surface area contributed by atoms with Crippen LogP contribution in [0.15, 0.2) is 217 Å². The van der Waals surface area contributed by atoms with Crippen molar-refractivity contribution in [2.45, 2.75) is 18.5 Å². The molecule has 0 saturated heterocycles. The molecule has 2 unspecified atom stereocenters. The first kappa shape index (κ1) is 35.1. The van der Waals surface area contributed by atoms with Crippen LogP contribution in [-0.4, -0.2) is 11.7 Å². The Labute approximate surface area is 340 Å². The first-order chi connectivity index (χ1) is 28.6. The SMILES string of the molecule is C=Cc1ccccc1-c1ccccc1C1(C)c2ccccc2-c2c(-c3ccc(C4=NC(c5ccccc5)N=C(c5cccc(-c6ccccc6)c5)N4)cc3)cccc21. The van der Waals surface area contributed by atoms with E-state index in [2.05, 4.69) is 195 Å². The van der Waals surface area contributed by atoms with Gasteiger partial charge in [-0.2, -0.15) is 0 Å². The zero-order valence-corrected chi connectivity index (χ0v) is 32.3. The second kappa shape index (κ2) is 14.6. The van der Waals surface area contributed by atoms with Crippen LogP contribution in [-0.2, 0) is 5.41 Å². The van der Waals surface area contributed by atoms with Crippen molar-refractivity contribution in [3.05, 3.63) is 246 Å². The monoisotopic (exact) mass is 743 g/mol. The molecule has 10 rings (SSSR count). The van der Waals surface area contributed by atoms with E-state index in [1.807, 2.05) is 30.3 Å². The van der Waals surface area contributed by atoms with Gasteiger partial charge >= 0.3 is 0 Å². The molecule has 0 amide bonds. The Morgan fingerprint density at radius 2 is 0.966 bits per heavy atom. The van der Waals surface area contributed by atoms with E-state index in [1.54, 1.807) is 0 Å². The van der Waals surface area contributed by atoms with E-state index < -0.39 is 0 Å². The third-order valence-electron chi connectivity index (χ3n) is 11.8. The van der Waals surface area contributed by atoms with Gasteiger partial charge in [0.25, 0.3) is 0 Å². The van der Waals surface area contributed by atoms with Crippen molar-refractivity contribution in [1.82, 2.24) is 5.32 Å². The predicted octanol–water partition coefficient (Wildman–Crippen LogP) is 13.2. The van der Waals surface area contributed by atoms with Gasteiger partial charge in [-0.25, -0.2) is 9.98 Å². The molecule has 3 heteroatoms. The fraction of sp³-hybridized carbons (Fsp3) is 0.0545. The number of hydrogen-bond donors (Lipinski definition) is 1. The molecule has 1 N–H and O–H groups in total. The maximum Gasteiger partial charge on any atom is 0.169 e. The maximum absolute atomic E-state index is 5.18. The summed E-state index contributed by atoms with van der Waals surface area (Å²) in [5.41, 5.74) is 17.4. The van der Waals surface area contributed by atoms with Gasteiger partial charge < -0.3 is 5.32 Å². The van der Waals surface area contributed by atoms with Crippen LogP contribution >= 0.6 is 0 Å². The molecule has 276 valence electrons. The molecule has 2 atom stereocenters. The van der Waals surface area contributed by atoms with E-state index in [-0.39, 0.29) is 11.6 Å². The molecular weight excluding hydrogens is 703 g/mol. The van der Waals surface area contributed by atoms with Gasteiger partial charge in [0.05, 0.1) is 0 Å². The highest BCUT2D eigenvalue weighted by Gasteiger charge is 2.43. The van der Waals surface area contributed by atoms with Crippen LogP contribution in [0.2, 0.25) is 0 Å². The van der Waals surface area contributed by atoms with Crippen LogP contribution in [0.1, 0.15) is 52.0 Å². The van der Waals surface area contributed by atoms with Gasteiger partial charge in [0.1, 0.15) is 11.7 Å². The molecule has 0 aromatic heterocycles. The van der Waals surface area contributed by atoms with E-state index in [0.717, 1.165) is 45.1 Å². The summed E-state index contributed by atoms with van der Waals surface area (Å²) >= 11 is 0. The molecule has 2 aliphatic rings. The largest absolute Gasteiger partial charge is 0.324 e. The van der Waals surface area contributed by atoms with E-state index in [9.17, 15) is 0 Å². The number of aliphatic imine (C=N–C) groups is 2. The van der Waals surface area contributed by atoms with Gasteiger partial charge in [0, 0.05) is 16.5 Å². The number of amidine groups is 2. The van der Waals surface area contributed by atoms with Crippen LogP contribution < -0.4 is 5.32 Å². The highest BCUT2D eigenvalue weighted by molar-refractivity contribution is 6.16. The standard InChI is InChI=1S/C55H41N3/c1-3-37-18-10-11-25-44(37)46-26-12-14-29-48(46)55(2)49-30-15-13-27-47(49)51-45(28-17-31-50(51)55)39-32-34-41(35-33-39)53-56-52(40-21-8-5-9-22-40)57-54(58-53)43-24-16-23-42(36-43)38-19-6-4-7-20-38/h3-36,52H,1H2,2H3,(H,56,57,58). The topological polar surface area (TPSA) is 36.8 Å². The molecule has 8 aromatic carbocycles. The molecule has 0 bridgehead atoms.